The fourth-order valence-electron chi connectivity index (χ4n) is 2.43. The van der Waals surface area contributed by atoms with Gasteiger partial charge in [0.1, 0.15) is 17.9 Å². The number of ether oxygens (including phenoxy) is 1. The number of nitrogens with zero attached hydrogens (tertiary/aromatic N) is 4. The van der Waals surface area contributed by atoms with Crippen molar-refractivity contribution in [3.8, 4) is 11.6 Å². The average Bonchev–Trinajstić information content (AvgIpc) is 2.57. The van der Waals surface area contributed by atoms with E-state index in [2.05, 4.69) is 14.9 Å². The zero-order valence-corrected chi connectivity index (χ0v) is 13.5. The molecule has 0 aliphatic carbocycles. The monoisotopic (exact) mass is 332 g/mol. The summed E-state index contributed by atoms with van der Waals surface area (Å²) in [7, 11) is 0. The number of carbonyl (C=O) groups is 1. The summed E-state index contributed by atoms with van der Waals surface area (Å²) in [4.78, 5) is 23.8. The highest BCUT2D eigenvalue weighted by atomic mass is 35.5. The molecule has 23 heavy (non-hydrogen) atoms. The van der Waals surface area contributed by atoms with Gasteiger partial charge in [-0.25, -0.2) is 9.97 Å². The molecule has 0 unspecified atom stereocenters. The van der Waals surface area contributed by atoms with Crippen LogP contribution in [0.5, 0.6) is 11.6 Å². The van der Waals surface area contributed by atoms with Crippen molar-refractivity contribution in [2.45, 2.75) is 6.92 Å². The van der Waals surface area contributed by atoms with Gasteiger partial charge in [0.2, 0.25) is 11.8 Å². The molecule has 0 radical (unpaired) electrons. The third-order valence-corrected chi connectivity index (χ3v) is 3.96. The molecule has 1 aliphatic rings. The standard InChI is InChI=1S/C16H17ClN4O2/c1-12(22)20-6-8-21(9-7-20)15-10-16(19-11-18-15)23-14-4-2-13(17)3-5-14/h2-5,10-11H,6-9H2,1H3. The quantitative estimate of drug-likeness (QED) is 0.864. The van der Waals surface area contributed by atoms with Crippen LogP contribution in [-0.4, -0.2) is 47.0 Å². The Balaban J connectivity index is 1.68. The molecule has 1 aromatic carbocycles. The molecule has 3 rings (SSSR count). The second-order valence-corrected chi connectivity index (χ2v) is 5.70. The normalized spacial score (nSPS) is 14.7. The summed E-state index contributed by atoms with van der Waals surface area (Å²) in [6.07, 6.45) is 1.48. The number of halogens is 1. The molecule has 1 amide bonds. The van der Waals surface area contributed by atoms with E-state index in [1.54, 1.807) is 37.3 Å². The molecule has 0 N–H and O–H groups in total. The Kier molecular flexibility index (Phi) is 4.62. The van der Waals surface area contributed by atoms with Crippen molar-refractivity contribution in [2.24, 2.45) is 0 Å². The minimum absolute atomic E-state index is 0.110. The Hall–Kier alpha value is -2.34. The van der Waals surface area contributed by atoms with Crippen LogP contribution in [-0.2, 0) is 4.79 Å². The van der Waals surface area contributed by atoms with E-state index in [0.717, 1.165) is 18.9 Å². The molecule has 0 spiro atoms. The Morgan fingerprint density at radius 1 is 1.13 bits per heavy atom. The Morgan fingerprint density at radius 2 is 1.83 bits per heavy atom. The highest BCUT2D eigenvalue weighted by Crippen LogP contribution is 2.24. The van der Waals surface area contributed by atoms with Crippen LogP contribution in [0.4, 0.5) is 5.82 Å². The van der Waals surface area contributed by atoms with Crippen molar-refractivity contribution in [3.05, 3.63) is 41.7 Å². The van der Waals surface area contributed by atoms with Gasteiger partial charge in [0.15, 0.2) is 0 Å². The number of carbonyl (C=O) groups excluding carboxylic acids is 1. The lowest BCUT2D eigenvalue weighted by Crippen LogP contribution is -2.48. The first-order chi connectivity index (χ1) is 11.1. The first-order valence-corrected chi connectivity index (χ1v) is 7.75. The van der Waals surface area contributed by atoms with Crippen LogP contribution in [0.3, 0.4) is 0 Å². The third-order valence-electron chi connectivity index (χ3n) is 3.71. The molecule has 7 heteroatoms. The van der Waals surface area contributed by atoms with Gasteiger partial charge in [0, 0.05) is 44.2 Å². The highest BCUT2D eigenvalue weighted by Gasteiger charge is 2.20. The van der Waals surface area contributed by atoms with Crippen molar-refractivity contribution in [3.63, 3.8) is 0 Å². The molecule has 2 heterocycles. The molecule has 1 aromatic heterocycles. The van der Waals surface area contributed by atoms with Gasteiger partial charge in [0.25, 0.3) is 0 Å². The van der Waals surface area contributed by atoms with Crippen LogP contribution in [0, 0.1) is 0 Å². The lowest BCUT2D eigenvalue weighted by atomic mass is 10.3. The lowest BCUT2D eigenvalue weighted by Gasteiger charge is -2.34. The van der Waals surface area contributed by atoms with Gasteiger partial charge in [-0.15, -0.1) is 0 Å². The molecule has 0 bridgehead atoms. The number of hydrogen-bond donors (Lipinski definition) is 0. The summed E-state index contributed by atoms with van der Waals surface area (Å²) in [6, 6.07) is 8.91. The number of anilines is 1. The number of amides is 1. The van der Waals surface area contributed by atoms with E-state index < -0.39 is 0 Å². The summed E-state index contributed by atoms with van der Waals surface area (Å²) in [5.41, 5.74) is 0. The zero-order valence-electron chi connectivity index (χ0n) is 12.8. The molecule has 1 aliphatic heterocycles. The maximum Gasteiger partial charge on any atom is 0.224 e. The molecule has 120 valence electrons. The summed E-state index contributed by atoms with van der Waals surface area (Å²) < 4.78 is 5.72. The van der Waals surface area contributed by atoms with Gasteiger partial charge >= 0.3 is 0 Å². The smallest absolute Gasteiger partial charge is 0.224 e. The van der Waals surface area contributed by atoms with E-state index in [4.69, 9.17) is 16.3 Å². The van der Waals surface area contributed by atoms with Crippen LogP contribution in [0.1, 0.15) is 6.92 Å². The Morgan fingerprint density at radius 3 is 2.48 bits per heavy atom. The van der Waals surface area contributed by atoms with E-state index in [1.165, 1.54) is 6.33 Å². The van der Waals surface area contributed by atoms with Crippen molar-refractivity contribution in [1.29, 1.82) is 0 Å². The molecule has 1 fully saturated rings. The fraction of sp³-hybridized carbons (Fsp3) is 0.312. The van der Waals surface area contributed by atoms with Crippen molar-refractivity contribution >= 4 is 23.3 Å². The second kappa shape index (κ2) is 6.83. The Labute approximate surface area is 139 Å². The maximum absolute atomic E-state index is 11.4. The first kappa shape index (κ1) is 15.6. The maximum atomic E-state index is 11.4. The van der Waals surface area contributed by atoms with Crippen molar-refractivity contribution in [1.82, 2.24) is 14.9 Å². The van der Waals surface area contributed by atoms with Crippen LogP contribution in [0.15, 0.2) is 36.7 Å². The average molecular weight is 333 g/mol. The minimum atomic E-state index is 0.110. The van der Waals surface area contributed by atoms with E-state index in [0.29, 0.717) is 29.7 Å². The van der Waals surface area contributed by atoms with Crippen LogP contribution in [0.2, 0.25) is 5.02 Å². The number of rotatable bonds is 3. The third kappa shape index (κ3) is 3.90. The highest BCUT2D eigenvalue weighted by molar-refractivity contribution is 6.30. The number of hydrogen-bond acceptors (Lipinski definition) is 5. The summed E-state index contributed by atoms with van der Waals surface area (Å²) in [5, 5.41) is 0.657. The predicted octanol–water partition coefficient (Wildman–Crippen LogP) is 2.59. The number of piperazine rings is 1. The molecular formula is C16H17ClN4O2. The number of aromatic nitrogens is 2. The molecule has 1 saturated heterocycles. The molecule has 0 atom stereocenters. The summed E-state index contributed by atoms with van der Waals surface area (Å²) in [5.74, 6) is 2.05. The second-order valence-electron chi connectivity index (χ2n) is 5.26. The van der Waals surface area contributed by atoms with Gasteiger partial charge in [-0.2, -0.15) is 0 Å². The van der Waals surface area contributed by atoms with Gasteiger partial charge < -0.3 is 14.5 Å². The topological polar surface area (TPSA) is 58.6 Å². The van der Waals surface area contributed by atoms with Crippen LogP contribution >= 0.6 is 11.6 Å². The summed E-state index contributed by atoms with van der Waals surface area (Å²) >= 11 is 5.86. The van der Waals surface area contributed by atoms with Gasteiger partial charge in [-0.05, 0) is 24.3 Å². The van der Waals surface area contributed by atoms with Crippen LogP contribution < -0.4 is 9.64 Å². The Bertz CT molecular complexity index is 685. The zero-order chi connectivity index (χ0) is 16.2. The van der Waals surface area contributed by atoms with E-state index in [9.17, 15) is 4.79 Å². The van der Waals surface area contributed by atoms with Crippen molar-refractivity contribution < 1.29 is 9.53 Å². The first-order valence-electron chi connectivity index (χ1n) is 7.38. The van der Waals surface area contributed by atoms with Crippen LogP contribution in [0.25, 0.3) is 0 Å². The van der Waals surface area contributed by atoms with Gasteiger partial charge in [0.05, 0.1) is 0 Å². The van der Waals surface area contributed by atoms with E-state index >= 15 is 0 Å². The van der Waals surface area contributed by atoms with E-state index in [-0.39, 0.29) is 5.91 Å². The van der Waals surface area contributed by atoms with E-state index in [1.807, 2.05) is 4.90 Å². The molecule has 0 saturated carbocycles. The minimum Gasteiger partial charge on any atom is -0.439 e. The van der Waals surface area contributed by atoms with Crippen molar-refractivity contribution in [2.75, 3.05) is 31.1 Å². The molecule has 6 nitrogen and oxygen atoms in total. The fourth-order valence-corrected chi connectivity index (χ4v) is 2.56. The largest absolute Gasteiger partial charge is 0.439 e. The summed E-state index contributed by atoms with van der Waals surface area (Å²) in [6.45, 7) is 4.49. The lowest BCUT2D eigenvalue weighted by molar-refractivity contribution is -0.129. The SMILES string of the molecule is CC(=O)N1CCN(c2cc(Oc3ccc(Cl)cc3)ncn2)CC1. The molecular weight excluding hydrogens is 316 g/mol. The van der Waals surface area contributed by atoms with Gasteiger partial charge in [-0.3, -0.25) is 4.79 Å². The molecule has 2 aromatic rings. The van der Waals surface area contributed by atoms with Gasteiger partial charge in [-0.1, -0.05) is 11.6 Å². The number of benzene rings is 1. The predicted molar refractivity (Wildman–Crippen MR) is 88.0 cm³/mol.